The van der Waals surface area contributed by atoms with Gasteiger partial charge in [0.15, 0.2) is 11.5 Å². The fourth-order valence-corrected chi connectivity index (χ4v) is 1.45. The Hall–Kier alpha value is -1.97. The summed E-state index contributed by atoms with van der Waals surface area (Å²) < 4.78 is 11.2. The molecule has 16 heavy (non-hydrogen) atoms. The summed E-state index contributed by atoms with van der Waals surface area (Å²) in [5, 5.41) is 2.67. The van der Waals surface area contributed by atoms with Crippen LogP contribution in [0.2, 0.25) is 0 Å². The monoisotopic (exact) mass is 219 g/mol. The van der Waals surface area contributed by atoms with E-state index in [4.69, 9.17) is 9.47 Å². The minimum atomic E-state index is -0.206. The van der Waals surface area contributed by atoms with Crippen molar-refractivity contribution in [1.29, 1.82) is 0 Å². The first-order chi connectivity index (χ1) is 7.79. The zero-order valence-corrected chi connectivity index (χ0v) is 8.81. The number of carbonyl (C=O) groups excluding carboxylic acids is 1. The predicted octanol–water partition coefficient (Wildman–Crippen LogP) is 1.13. The van der Waals surface area contributed by atoms with E-state index < -0.39 is 0 Å². The number of rotatable bonds is 3. The number of nitrogens with one attached hydrogen (secondary N) is 1. The highest BCUT2D eigenvalue weighted by Gasteiger charge is 2.20. The van der Waals surface area contributed by atoms with E-state index in [0.29, 0.717) is 18.9 Å². The van der Waals surface area contributed by atoms with Crippen LogP contribution < -0.4 is 14.8 Å². The lowest BCUT2D eigenvalue weighted by Gasteiger charge is -2.26. The van der Waals surface area contributed by atoms with E-state index in [1.807, 2.05) is 24.3 Å². The van der Waals surface area contributed by atoms with Crippen LogP contribution in [0, 0.1) is 0 Å². The number of hydrogen-bond acceptors (Lipinski definition) is 3. The summed E-state index contributed by atoms with van der Waals surface area (Å²) in [5.74, 6) is 1.25. The van der Waals surface area contributed by atoms with Crippen molar-refractivity contribution < 1.29 is 14.3 Å². The quantitative estimate of drug-likeness (QED) is 0.775. The second-order valence-corrected chi connectivity index (χ2v) is 3.45. The van der Waals surface area contributed by atoms with Gasteiger partial charge in [-0.1, -0.05) is 18.7 Å². The minimum Gasteiger partial charge on any atom is -0.486 e. The van der Waals surface area contributed by atoms with Crippen molar-refractivity contribution in [3.8, 4) is 11.5 Å². The van der Waals surface area contributed by atoms with Gasteiger partial charge in [0.2, 0.25) is 5.91 Å². The lowest BCUT2D eigenvalue weighted by atomic mass is 10.2. The van der Waals surface area contributed by atoms with Crippen molar-refractivity contribution in [2.75, 3.05) is 13.2 Å². The van der Waals surface area contributed by atoms with Crippen molar-refractivity contribution >= 4 is 5.91 Å². The largest absolute Gasteiger partial charge is 0.486 e. The number of hydrogen-bond donors (Lipinski definition) is 1. The first-order valence-electron chi connectivity index (χ1n) is 5.08. The molecule has 1 aliphatic rings. The van der Waals surface area contributed by atoms with Crippen molar-refractivity contribution in [1.82, 2.24) is 5.32 Å². The summed E-state index contributed by atoms with van der Waals surface area (Å²) in [6, 6.07) is 7.47. The SMILES string of the molecule is C=CC(=O)NC[C@@H]1COc2ccccc2O1. The maximum Gasteiger partial charge on any atom is 0.243 e. The molecule has 1 atom stereocenters. The Morgan fingerprint density at radius 1 is 1.50 bits per heavy atom. The first kappa shape index (κ1) is 10.5. The topological polar surface area (TPSA) is 47.6 Å². The summed E-state index contributed by atoms with van der Waals surface area (Å²) in [6.07, 6.45) is 1.08. The van der Waals surface area contributed by atoms with Crippen molar-refractivity contribution in [2.24, 2.45) is 0 Å². The first-order valence-corrected chi connectivity index (χ1v) is 5.08. The predicted molar refractivity (Wildman–Crippen MR) is 59.6 cm³/mol. The second-order valence-electron chi connectivity index (χ2n) is 3.45. The third-order valence-corrected chi connectivity index (χ3v) is 2.26. The zero-order valence-electron chi connectivity index (χ0n) is 8.81. The van der Waals surface area contributed by atoms with Gasteiger partial charge < -0.3 is 14.8 Å². The Balaban J connectivity index is 1.93. The molecule has 1 N–H and O–H groups in total. The van der Waals surface area contributed by atoms with E-state index in [-0.39, 0.29) is 12.0 Å². The van der Waals surface area contributed by atoms with Gasteiger partial charge in [-0.3, -0.25) is 4.79 Å². The van der Waals surface area contributed by atoms with Gasteiger partial charge >= 0.3 is 0 Å². The number of benzene rings is 1. The number of fused-ring (bicyclic) bond motifs is 1. The average Bonchev–Trinajstić information content (AvgIpc) is 2.35. The average molecular weight is 219 g/mol. The van der Waals surface area contributed by atoms with Crippen molar-refractivity contribution in [3.63, 3.8) is 0 Å². The Kier molecular flexibility index (Phi) is 3.10. The third kappa shape index (κ3) is 2.34. The Morgan fingerprint density at radius 3 is 3.00 bits per heavy atom. The van der Waals surface area contributed by atoms with E-state index in [9.17, 15) is 4.79 Å². The number of para-hydroxylation sites is 2. The lowest BCUT2D eigenvalue weighted by molar-refractivity contribution is -0.117. The highest BCUT2D eigenvalue weighted by atomic mass is 16.6. The van der Waals surface area contributed by atoms with Crippen LogP contribution in [0.15, 0.2) is 36.9 Å². The summed E-state index contributed by atoms with van der Waals surface area (Å²) in [5.41, 5.74) is 0. The zero-order chi connectivity index (χ0) is 11.4. The minimum absolute atomic E-state index is 0.154. The molecule has 2 rings (SSSR count). The van der Waals surface area contributed by atoms with Gasteiger partial charge in [0.25, 0.3) is 0 Å². The molecule has 1 amide bonds. The summed E-state index contributed by atoms with van der Waals surface area (Å²) in [6.45, 7) is 4.23. The highest BCUT2D eigenvalue weighted by Crippen LogP contribution is 2.30. The molecule has 1 aliphatic heterocycles. The molecule has 1 heterocycles. The maximum atomic E-state index is 11.0. The molecule has 84 valence electrons. The number of ether oxygens (including phenoxy) is 2. The Labute approximate surface area is 93.9 Å². The smallest absolute Gasteiger partial charge is 0.243 e. The summed E-state index contributed by atoms with van der Waals surface area (Å²) >= 11 is 0. The summed E-state index contributed by atoms with van der Waals surface area (Å²) in [7, 11) is 0. The molecule has 0 saturated heterocycles. The molecule has 0 bridgehead atoms. The van der Waals surface area contributed by atoms with E-state index >= 15 is 0 Å². The fourth-order valence-electron chi connectivity index (χ4n) is 1.45. The van der Waals surface area contributed by atoms with Crippen LogP contribution >= 0.6 is 0 Å². The van der Waals surface area contributed by atoms with E-state index in [2.05, 4.69) is 11.9 Å². The molecular weight excluding hydrogens is 206 g/mol. The molecule has 4 heteroatoms. The second kappa shape index (κ2) is 4.70. The van der Waals surface area contributed by atoms with Gasteiger partial charge in [0, 0.05) is 0 Å². The van der Waals surface area contributed by atoms with Gasteiger partial charge in [0.05, 0.1) is 6.54 Å². The van der Waals surface area contributed by atoms with Gasteiger partial charge in [0.1, 0.15) is 12.7 Å². The molecule has 1 aromatic carbocycles. The standard InChI is InChI=1S/C12H13NO3/c1-2-12(14)13-7-9-8-15-10-5-3-4-6-11(10)16-9/h2-6,9H,1,7-8H2,(H,13,14)/t9-/m1/s1. The van der Waals surface area contributed by atoms with Gasteiger partial charge in [-0.05, 0) is 18.2 Å². The Bertz CT molecular complexity index is 403. The lowest BCUT2D eigenvalue weighted by Crippen LogP contribution is -2.40. The molecule has 0 unspecified atom stereocenters. The van der Waals surface area contributed by atoms with Crippen LogP contribution in [0.5, 0.6) is 11.5 Å². The van der Waals surface area contributed by atoms with Crippen molar-refractivity contribution in [3.05, 3.63) is 36.9 Å². The van der Waals surface area contributed by atoms with Crippen LogP contribution in [-0.2, 0) is 4.79 Å². The molecule has 0 fully saturated rings. The molecule has 0 saturated carbocycles. The summed E-state index contributed by atoms with van der Waals surface area (Å²) in [4.78, 5) is 11.0. The molecule has 0 aromatic heterocycles. The Morgan fingerprint density at radius 2 is 2.25 bits per heavy atom. The van der Waals surface area contributed by atoms with Crippen LogP contribution in [0.1, 0.15) is 0 Å². The maximum absolute atomic E-state index is 11.0. The van der Waals surface area contributed by atoms with Gasteiger partial charge in [-0.2, -0.15) is 0 Å². The normalized spacial score (nSPS) is 17.6. The highest BCUT2D eigenvalue weighted by molar-refractivity contribution is 5.86. The molecule has 1 aromatic rings. The van der Waals surface area contributed by atoms with Crippen LogP contribution in [-0.4, -0.2) is 25.2 Å². The fraction of sp³-hybridized carbons (Fsp3) is 0.250. The van der Waals surface area contributed by atoms with Crippen LogP contribution in [0.3, 0.4) is 0 Å². The van der Waals surface area contributed by atoms with Crippen molar-refractivity contribution in [2.45, 2.75) is 6.10 Å². The molecular formula is C12H13NO3. The third-order valence-electron chi connectivity index (χ3n) is 2.26. The van der Waals surface area contributed by atoms with Gasteiger partial charge in [-0.15, -0.1) is 0 Å². The molecule has 4 nitrogen and oxygen atoms in total. The van der Waals surface area contributed by atoms with Gasteiger partial charge in [-0.25, -0.2) is 0 Å². The van der Waals surface area contributed by atoms with E-state index in [1.54, 1.807) is 0 Å². The van der Waals surface area contributed by atoms with Crippen LogP contribution in [0.25, 0.3) is 0 Å². The number of carbonyl (C=O) groups is 1. The molecule has 0 aliphatic carbocycles. The molecule has 0 radical (unpaired) electrons. The van der Waals surface area contributed by atoms with E-state index in [0.717, 1.165) is 5.75 Å². The van der Waals surface area contributed by atoms with E-state index in [1.165, 1.54) is 6.08 Å². The number of amides is 1. The van der Waals surface area contributed by atoms with Crippen LogP contribution in [0.4, 0.5) is 0 Å². The molecule has 0 spiro atoms.